The Morgan fingerprint density at radius 3 is 2.42 bits per heavy atom. The Kier molecular flexibility index (Phi) is 4.76. The maximum Gasteiger partial charge on any atom is 0.322 e. The molecule has 0 spiro atoms. The van der Waals surface area contributed by atoms with E-state index in [1.807, 2.05) is 24.3 Å². The summed E-state index contributed by atoms with van der Waals surface area (Å²) in [5, 5.41) is 8.36. The fourth-order valence-electron chi connectivity index (χ4n) is 3.52. The molecule has 1 saturated heterocycles. The first-order valence-corrected chi connectivity index (χ1v) is 8.55. The Morgan fingerprint density at radius 1 is 1.17 bits per heavy atom. The minimum absolute atomic E-state index is 0.0626. The van der Waals surface area contributed by atoms with E-state index in [4.69, 9.17) is 11.6 Å². The van der Waals surface area contributed by atoms with Gasteiger partial charge in [-0.2, -0.15) is 0 Å². The van der Waals surface area contributed by atoms with E-state index in [2.05, 4.69) is 16.0 Å². The zero-order chi connectivity index (χ0) is 17.2. The molecule has 6 nitrogen and oxygen atoms in total. The molecule has 24 heavy (non-hydrogen) atoms. The third-order valence-corrected chi connectivity index (χ3v) is 4.98. The SMILES string of the molecule is O=C(CC1NC(=O)NC1=O)NC1(c2ccc(Cl)cc2)CCCCC1. The van der Waals surface area contributed by atoms with E-state index >= 15 is 0 Å². The third kappa shape index (κ3) is 3.53. The number of amides is 4. The van der Waals surface area contributed by atoms with Crippen molar-refractivity contribution in [2.75, 3.05) is 0 Å². The van der Waals surface area contributed by atoms with Crippen molar-refractivity contribution >= 4 is 29.4 Å². The highest BCUT2D eigenvalue weighted by atomic mass is 35.5. The van der Waals surface area contributed by atoms with Gasteiger partial charge in [0.2, 0.25) is 5.91 Å². The third-order valence-electron chi connectivity index (χ3n) is 4.73. The summed E-state index contributed by atoms with van der Waals surface area (Å²) in [6, 6.07) is 6.18. The summed E-state index contributed by atoms with van der Waals surface area (Å²) < 4.78 is 0. The normalized spacial score (nSPS) is 22.6. The van der Waals surface area contributed by atoms with Gasteiger partial charge in [-0.05, 0) is 30.5 Å². The fourth-order valence-corrected chi connectivity index (χ4v) is 3.64. The molecular weight excluding hydrogens is 330 g/mol. The van der Waals surface area contributed by atoms with Crippen molar-refractivity contribution in [3.05, 3.63) is 34.9 Å². The highest BCUT2D eigenvalue weighted by Crippen LogP contribution is 2.37. The van der Waals surface area contributed by atoms with E-state index in [0.29, 0.717) is 5.02 Å². The molecule has 7 heteroatoms. The molecule has 2 aliphatic rings. The molecule has 128 valence electrons. The van der Waals surface area contributed by atoms with Gasteiger partial charge in [-0.1, -0.05) is 43.0 Å². The van der Waals surface area contributed by atoms with Gasteiger partial charge in [0, 0.05) is 5.02 Å². The molecule has 4 amide bonds. The Balaban J connectivity index is 1.74. The van der Waals surface area contributed by atoms with Crippen LogP contribution in [0.3, 0.4) is 0 Å². The van der Waals surface area contributed by atoms with Crippen LogP contribution in [0.1, 0.15) is 44.1 Å². The van der Waals surface area contributed by atoms with Gasteiger partial charge in [-0.3, -0.25) is 14.9 Å². The van der Waals surface area contributed by atoms with E-state index in [-0.39, 0.29) is 12.3 Å². The molecule has 1 saturated carbocycles. The Hall–Kier alpha value is -2.08. The van der Waals surface area contributed by atoms with Gasteiger partial charge in [0.15, 0.2) is 0 Å². The van der Waals surface area contributed by atoms with Gasteiger partial charge in [-0.25, -0.2) is 4.79 Å². The van der Waals surface area contributed by atoms with Crippen LogP contribution in [0.4, 0.5) is 4.79 Å². The molecule has 1 aromatic carbocycles. The average molecular weight is 350 g/mol. The topological polar surface area (TPSA) is 87.3 Å². The maximum atomic E-state index is 12.5. The van der Waals surface area contributed by atoms with Crippen LogP contribution in [0.15, 0.2) is 24.3 Å². The lowest BCUT2D eigenvalue weighted by Gasteiger charge is -2.39. The molecular formula is C17H20ClN3O3. The number of hydrogen-bond acceptors (Lipinski definition) is 3. The lowest BCUT2D eigenvalue weighted by molar-refractivity contribution is -0.128. The standard InChI is InChI=1S/C17H20ClN3O3/c18-12-6-4-11(5-7-12)17(8-2-1-3-9-17)21-14(22)10-13-15(23)20-16(24)19-13/h4-7,13H,1-3,8-10H2,(H,21,22)(H2,19,20,23,24). The first-order valence-electron chi connectivity index (χ1n) is 8.17. The summed E-state index contributed by atoms with van der Waals surface area (Å²) in [7, 11) is 0. The molecule has 1 heterocycles. The second kappa shape index (κ2) is 6.81. The van der Waals surface area contributed by atoms with Crippen molar-refractivity contribution in [2.45, 2.75) is 50.1 Å². The quantitative estimate of drug-likeness (QED) is 0.728. The Labute approximate surface area is 145 Å². The van der Waals surface area contributed by atoms with E-state index in [1.165, 1.54) is 0 Å². The van der Waals surface area contributed by atoms with Gasteiger partial charge < -0.3 is 10.6 Å². The molecule has 1 atom stereocenters. The van der Waals surface area contributed by atoms with Crippen molar-refractivity contribution in [2.24, 2.45) is 0 Å². The van der Waals surface area contributed by atoms with Crippen molar-refractivity contribution in [3.63, 3.8) is 0 Å². The smallest absolute Gasteiger partial charge is 0.322 e. The molecule has 1 aliphatic carbocycles. The summed E-state index contributed by atoms with van der Waals surface area (Å²) in [6.07, 6.45) is 4.85. The summed E-state index contributed by atoms with van der Waals surface area (Å²) >= 11 is 5.97. The minimum atomic E-state index is -0.802. The van der Waals surface area contributed by atoms with Crippen LogP contribution in [0.2, 0.25) is 5.02 Å². The van der Waals surface area contributed by atoms with Gasteiger partial charge in [0.25, 0.3) is 5.91 Å². The number of rotatable bonds is 4. The molecule has 3 N–H and O–H groups in total. The highest BCUT2D eigenvalue weighted by Gasteiger charge is 2.37. The monoisotopic (exact) mass is 349 g/mol. The number of nitrogens with one attached hydrogen (secondary N) is 3. The zero-order valence-electron chi connectivity index (χ0n) is 13.2. The summed E-state index contributed by atoms with van der Waals surface area (Å²) in [6.45, 7) is 0. The van der Waals surface area contributed by atoms with Crippen molar-refractivity contribution in [1.29, 1.82) is 0 Å². The van der Waals surface area contributed by atoms with E-state index in [9.17, 15) is 14.4 Å². The van der Waals surface area contributed by atoms with Crippen LogP contribution in [-0.2, 0) is 15.1 Å². The van der Waals surface area contributed by atoms with Crippen LogP contribution in [0.5, 0.6) is 0 Å². The van der Waals surface area contributed by atoms with Crippen LogP contribution in [0.25, 0.3) is 0 Å². The molecule has 1 aliphatic heterocycles. The fraction of sp³-hybridized carbons (Fsp3) is 0.471. The first kappa shape index (κ1) is 16.8. The van der Waals surface area contributed by atoms with Gasteiger partial charge in [-0.15, -0.1) is 0 Å². The van der Waals surface area contributed by atoms with Gasteiger partial charge in [0.1, 0.15) is 6.04 Å². The number of benzene rings is 1. The van der Waals surface area contributed by atoms with Gasteiger partial charge >= 0.3 is 6.03 Å². The highest BCUT2D eigenvalue weighted by molar-refractivity contribution is 6.30. The Bertz CT molecular complexity index is 654. The predicted octanol–water partition coefficient (Wildman–Crippen LogP) is 2.21. The Morgan fingerprint density at radius 2 is 1.83 bits per heavy atom. The number of urea groups is 1. The first-order chi connectivity index (χ1) is 11.5. The largest absolute Gasteiger partial charge is 0.347 e. The molecule has 1 unspecified atom stereocenters. The van der Waals surface area contributed by atoms with Crippen molar-refractivity contribution < 1.29 is 14.4 Å². The van der Waals surface area contributed by atoms with Crippen LogP contribution in [-0.4, -0.2) is 23.9 Å². The average Bonchev–Trinajstić information content (AvgIpc) is 2.86. The number of hydrogen-bond donors (Lipinski definition) is 3. The maximum absolute atomic E-state index is 12.5. The number of carbonyl (C=O) groups is 3. The van der Waals surface area contributed by atoms with E-state index < -0.39 is 23.5 Å². The lowest BCUT2D eigenvalue weighted by Crippen LogP contribution is -2.49. The second-order valence-electron chi connectivity index (χ2n) is 6.42. The number of halogens is 1. The molecule has 0 radical (unpaired) electrons. The summed E-state index contributed by atoms with van der Waals surface area (Å²) in [5.74, 6) is -0.700. The number of imide groups is 1. The molecule has 2 fully saturated rings. The van der Waals surface area contributed by atoms with Crippen LogP contribution >= 0.6 is 11.6 Å². The zero-order valence-corrected chi connectivity index (χ0v) is 14.0. The molecule has 3 rings (SSSR count). The van der Waals surface area contributed by atoms with Crippen molar-refractivity contribution in [1.82, 2.24) is 16.0 Å². The predicted molar refractivity (Wildman–Crippen MR) is 89.4 cm³/mol. The molecule has 0 bridgehead atoms. The minimum Gasteiger partial charge on any atom is -0.347 e. The molecule has 0 aromatic heterocycles. The number of carbonyl (C=O) groups excluding carboxylic acids is 3. The van der Waals surface area contributed by atoms with Crippen LogP contribution < -0.4 is 16.0 Å². The van der Waals surface area contributed by atoms with E-state index in [0.717, 1.165) is 37.7 Å². The van der Waals surface area contributed by atoms with Crippen molar-refractivity contribution in [3.8, 4) is 0 Å². The lowest BCUT2D eigenvalue weighted by atomic mass is 9.76. The van der Waals surface area contributed by atoms with Crippen LogP contribution in [0, 0.1) is 0 Å². The summed E-state index contributed by atoms with van der Waals surface area (Å²) in [5.41, 5.74) is 0.596. The van der Waals surface area contributed by atoms with E-state index in [1.54, 1.807) is 0 Å². The summed E-state index contributed by atoms with van der Waals surface area (Å²) in [4.78, 5) is 35.3. The second-order valence-corrected chi connectivity index (χ2v) is 6.85. The van der Waals surface area contributed by atoms with Gasteiger partial charge in [0.05, 0.1) is 12.0 Å². The molecule has 1 aromatic rings.